The van der Waals surface area contributed by atoms with Crippen LogP contribution in [0.25, 0.3) is 11.3 Å². The zero-order chi connectivity index (χ0) is 20.8. The summed E-state index contributed by atoms with van der Waals surface area (Å²) in [6.07, 6.45) is 1.30. The van der Waals surface area contributed by atoms with Gasteiger partial charge in [0, 0.05) is 17.7 Å². The number of hydrogen-bond acceptors (Lipinski definition) is 7. The zero-order valence-corrected chi connectivity index (χ0v) is 15.6. The van der Waals surface area contributed by atoms with Crippen LogP contribution in [0.3, 0.4) is 0 Å². The molecule has 0 radical (unpaired) electrons. The quantitative estimate of drug-likeness (QED) is 0.371. The first-order valence-corrected chi connectivity index (χ1v) is 8.42. The number of furan rings is 1. The van der Waals surface area contributed by atoms with Gasteiger partial charge in [0.15, 0.2) is 0 Å². The molecule has 29 heavy (non-hydrogen) atoms. The molecular formula is C20H17N3O6. The van der Waals surface area contributed by atoms with Crippen LogP contribution in [0.4, 0.5) is 5.69 Å². The van der Waals surface area contributed by atoms with Crippen LogP contribution in [0.5, 0.6) is 11.5 Å². The number of nitrogens with zero attached hydrogens (tertiary/aromatic N) is 2. The van der Waals surface area contributed by atoms with E-state index in [1.165, 1.54) is 26.5 Å². The molecule has 0 saturated carbocycles. The highest BCUT2D eigenvalue weighted by atomic mass is 16.6. The molecule has 1 amide bonds. The maximum absolute atomic E-state index is 12.3. The van der Waals surface area contributed by atoms with Crippen LogP contribution >= 0.6 is 0 Å². The third kappa shape index (κ3) is 4.59. The number of rotatable bonds is 7. The molecule has 148 valence electrons. The summed E-state index contributed by atoms with van der Waals surface area (Å²) >= 11 is 0. The van der Waals surface area contributed by atoms with Gasteiger partial charge < -0.3 is 13.9 Å². The van der Waals surface area contributed by atoms with E-state index in [0.717, 1.165) is 0 Å². The topological polar surface area (TPSA) is 116 Å². The molecule has 9 nitrogen and oxygen atoms in total. The molecule has 1 N–H and O–H groups in total. The molecule has 1 heterocycles. The molecule has 0 aliphatic heterocycles. The SMILES string of the molecule is COc1cc(OC)cc(C(=O)NN=Cc2ccc(-c3ccccc3[N+](=O)[O-])o2)c1. The molecule has 9 heteroatoms. The highest BCUT2D eigenvalue weighted by Crippen LogP contribution is 2.30. The van der Waals surface area contributed by atoms with Crippen molar-refractivity contribution in [2.24, 2.45) is 5.10 Å². The van der Waals surface area contributed by atoms with Crippen LogP contribution < -0.4 is 14.9 Å². The van der Waals surface area contributed by atoms with E-state index >= 15 is 0 Å². The number of methoxy groups -OCH3 is 2. The number of hydrogen-bond donors (Lipinski definition) is 1. The number of nitro benzene ring substituents is 1. The smallest absolute Gasteiger partial charge is 0.280 e. The molecule has 3 aromatic rings. The highest BCUT2D eigenvalue weighted by molar-refractivity contribution is 5.95. The summed E-state index contributed by atoms with van der Waals surface area (Å²) in [6, 6.07) is 14.2. The van der Waals surface area contributed by atoms with E-state index in [4.69, 9.17) is 13.9 Å². The zero-order valence-electron chi connectivity index (χ0n) is 15.6. The predicted octanol–water partition coefficient (Wildman–Crippen LogP) is 3.64. The lowest BCUT2D eigenvalue weighted by atomic mass is 10.1. The first-order chi connectivity index (χ1) is 14.0. The van der Waals surface area contributed by atoms with E-state index < -0.39 is 10.8 Å². The molecule has 2 aromatic carbocycles. The summed E-state index contributed by atoms with van der Waals surface area (Å²) in [5, 5.41) is 15.0. The van der Waals surface area contributed by atoms with Gasteiger partial charge in [0.25, 0.3) is 11.6 Å². The summed E-state index contributed by atoms with van der Waals surface area (Å²) < 4.78 is 15.8. The molecule has 3 rings (SSSR count). The van der Waals surface area contributed by atoms with Gasteiger partial charge in [-0.3, -0.25) is 14.9 Å². The molecule has 1 aromatic heterocycles. The Labute approximate surface area is 165 Å². The van der Waals surface area contributed by atoms with Crippen LogP contribution in [0.2, 0.25) is 0 Å². The molecule has 0 aliphatic rings. The van der Waals surface area contributed by atoms with Gasteiger partial charge >= 0.3 is 0 Å². The fraction of sp³-hybridized carbons (Fsp3) is 0.100. The van der Waals surface area contributed by atoms with Crippen molar-refractivity contribution in [3.8, 4) is 22.8 Å². The van der Waals surface area contributed by atoms with Gasteiger partial charge in [-0.2, -0.15) is 5.10 Å². The van der Waals surface area contributed by atoms with Gasteiger partial charge in [0.2, 0.25) is 0 Å². The summed E-state index contributed by atoms with van der Waals surface area (Å²) in [5.74, 6) is 1.12. The molecule has 0 unspecified atom stereocenters. The minimum atomic E-state index is -0.478. The van der Waals surface area contributed by atoms with Crippen LogP contribution in [-0.4, -0.2) is 31.3 Å². The van der Waals surface area contributed by atoms with Crippen LogP contribution in [0.15, 0.2) is 64.1 Å². The second-order valence-electron chi connectivity index (χ2n) is 5.78. The van der Waals surface area contributed by atoms with Crippen molar-refractivity contribution >= 4 is 17.8 Å². The van der Waals surface area contributed by atoms with E-state index in [-0.39, 0.29) is 5.69 Å². The molecular weight excluding hydrogens is 378 g/mol. The number of para-hydroxylation sites is 1. The Hall–Kier alpha value is -4.14. The number of benzene rings is 2. The van der Waals surface area contributed by atoms with Crippen LogP contribution in [0.1, 0.15) is 16.1 Å². The Balaban J connectivity index is 1.72. The lowest BCUT2D eigenvalue weighted by molar-refractivity contribution is -0.384. The number of amides is 1. The standard InChI is InChI=1S/C20H17N3O6/c1-27-15-9-13(10-16(11-15)28-2)20(24)22-21-12-14-7-8-19(29-14)17-5-3-4-6-18(17)23(25)26/h3-12H,1-2H3,(H,22,24). The van der Waals surface area contributed by atoms with Crippen LogP contribution in [-0.2, 0) is 0 Å². The average molecular weight is 395 g/mol. The van der Waals surface area contributed by atoms with Crippen molar-refractivity contribution in [1.82, 2.24) is 5.43 Å². The fourth-order valence-corrected chi connectivity index (χ4v) is 2.57. The lowest BCUT2D eigenvalue weighted by Crippen LogP contribution is -2.17. The van der Waals surface area contributed by atoms with Gasteiger partial charge in [-0.25, -0.2) is 5.43 Å². The third-order valence-corrected chi connectivity index (χ3v) is 3.96. The number of carbonyl (C=O) groups is 1. The van der Waals surface area contributed by atoms with Crippen molar-refractivity contribution < 1.29 is 23.6 Å². The number of nitro groups is 1. The largest absolute Gasteiger partial charge is 0.497 e. The maximum atomic E-state index is 12.3. The number of carbonyl (C=O) groups excluding carboxylic acids is 1. The molecule has 0 saturated heterocycles. The minimum Gasteiger partial charge on any atom is -0.497 e. The van der Waals surface area contributed by atoms with Gasteiger partial charge in [-0.1, -0.05) is 12.1 Å². The number of ether oxygens (including phenoxy) is 2. The van der Waals surface area contributed by atoms with Gasteiger partial charge in [-0.05, 0) is 30.3 Å². The third-order valence-electron chi connectivity index (χ3n) is 3.96. The monoisotopic (exact) mass is 395 g/mol. The number of nitrogens with one attached hydrogen (secondary N) is 1. The Morgan fingerprint density at radius 1 is 1.10 bits per heavy atom. The molecule has 0 fully saturated rings. The average Bonchev–Trinajstić information content (AvgIpc) is 3.21. The van der Waals surface area contributed by atoms with Crippen molar-refractivity contribution in [2.75, 3.05) is 14.2 Å². The van der Waals surface area contributed by atoms with E-state index in [1.54, 1.807) is 48.5 Å². The van der Waals surface area contributed by atoms with E-state index in [1.807, 2.05) is 0 Å². The summed E-state index contributed by atoms with van der Waals surface area (Å²) in [4.78, 5) is 22.9. The molecule has 0 spiro atoms. The van der Waals surface area contributed by atoms with Crippen LogP contribution in [0, 0.1) is 10.1 Å². The first-order valence-electron chi connectivity index (χ1n) is 8.42. The number of hydrazone groups is 1. The molecule has 0 aliphatic carbocycles. The van der Waals surface area contributed by atoms with E-state index in [9.17, 15) is 14.9 Å². The van der Waals surface area contributed by atoms with E-state index in [0.29, 0.717) is 34.1 Å². The Kier molecular flexibility index (Phi) is 5.88. The Morgan fingerprint density at radius 3 is 2.45 bits per heavy atom. The fourth-order valence-electron chi connectivity index (χ4n) is 2.57. The van der Waals surface area contributed by atoms with E-state index in [2.05, 4.69) is 10.5 Å². The normalized spacial score (nSPS) is 10.7. The maximum Gasteiger partial charge on any atom is 0.280 e. The van der Waals surface area contributed by atoms with Gasteiger partial charge in [-0.15, -0.1) is 0 Å². The van der Waals surface area contributed by atoms with Gasteiger partial charge in [0.1, 0.15) is 23.0 Å². The predicted molar refractivity (Wildman–Crippen MR) is 105 cm³/mol. The second kappa shape index (κ2) is 8.70. The summed E-state index contributed by atoms with van der Waals surface area (Å²) in [6.45, 7) is 0. The minimum absolute atomic E-state index is 0.0642. The Morgan fingerprint density at radius 2 is 1.79 bits per heavy atom. The molecule has 0 atom stereocenters. The van der Waals surface area contributed by atoms with Crippen molar-refractivity contribution in [1.29, 1.82) is 0 Å². The first kappa shape index (κ1) is 19.6. The van der Waals surface area contributed by atoms with Crippen molar-refractivity contribution in [3.05, 3.63) is 76.0 Å². The molecule has 0 bridgehead atoms. The lowest BCUT2D eigenvalue weighted by Gasteiger charge is -2.07. The second-order valence-corrected chi connectivity index (χ2v) is 5.78. The highest BCUT2D eigenvalue weighted by Gasteiger charge is 2.17. The summed E-state index contributed by atoms with van der Waals surface area (Å²) in [5.41, 5.74) is 2.97. The van der Waals surface area contributed by atoms with Crippen molar-refractivity contribution in [3.63, 3.8) is 0 Å². The van der Waals surface area contributed by atoms with Crippen molar-refractivity contribution in [2.45, 2.75) is 0 Å². The Bertz CT molecular complexity index is 1050. The summed E-state index contributed by atoms with van der Waals surface area (Å²) in [7, 11) is 2.97. The van der Waals surface area contributed by atoms with Gasteiger partial charge in [0.05, 0.1) is 30.9 Å².